The molecule has 3 aromatic carbocycles. The average Bonchev–Trinajstić information content (AvgIpc) is 2.84. The zero-order chi connectivity index (χ0) is 23.3. The lowest BCUT2D eigenvalue weighted by Gasteiger charge is -2.32. The van der Waals surface area contributed by atoms with Crippen molar-refractivity contribution in [1.82, 2.24) is 0 Å². The number of carbonyl (C=O) groups is 1. The van der Waals surface area contributed by atoms with Crippen molar-refractivity contribution in [1.29, 1.82) is 0 Å². The van der Waals surface area contributed by atoms with Gasteiger partial charge in [-0.1, -0.05) is 98.0 Å². The molecule has 0 fully saturated rings. The molecule has 0 aliphatic heterocycles. The molecule has 4 rings (SSSR count). The predicted molar refractivity (Wildman–Crippen MR) is 133 cm³/mol. The number of aryl methyl sites for hydroxylation is 1. The number of phenols is 1. The van der Waals surface area contributed by atoms with E-state index in [4.69, 9.17) is 0 Å². The topological polar surface area (TPSA) is 57.5 Å². The Hall–Kier alpha value is -3.59. The molecule has 33 heavy (non-hydrogen) atoms. The first-order valence-corrected chi connectivity index (χ1v) is 11.5. The first-order valence-electron chi connectivity index (χ1n) is 11.5. The summed E-state index contributed by atoms with van der Waals surface area (Å²) in [4.78, 5) is 11.9. The molecule has 0 amide bonds. The number of hydrogen-bond acceptors (Lipinski definition) is 2. The van der Waals surface area contributed by atoms with Crippen molar-refractivity contribution >= 4 is 5.97 Å². The minimum absolute atomic E-state index is 0.0113. The number of aromatic carboxylic acids is 1. The molecule has 0 spiro atoms. The van der Waals surface area contributed by atoms with E-state index >= 15 is 0 Å². The van der Waals surface area contributed by atoms with Gasteiger partial charge in [0.1, 0.15) is 11.3 Å². The van der Waals surface area contributed by atoms with E-state index in [0.29, 0.717) is 5.56 Å². The standard InChI is InChI=1S/C30H30O3/c1-22(25-13-7-3-8-14-25)26-19-24(20-27(28(26)31)29(32)33)15-18-30(16-9-4-10-17-30)21-23-11-5-2-6-12-23/h2-14,16,19-20,22,31H,15,17-18,21H2,1H3,(H,32,33). The van der Waals surface area contributed by atoms with Crippen LogP contribution in [0.3, 0.4) is 0 Å². The maximum absolute atomic E-state index is 11.9. The summed E-state index contributed by atoms with van der Waals surface area (Å²) in [6.45, 7) is 2.01. The summed E-state index contributed by atoms with van der Waals surface area (Å²) in [6, 6.07) is 24.0. The van der Waals surface area contributed by atoms with Crippen LogP contribution in [0, 0.1) is 5.41 Å². The molecule has 0 saturated carbocycles. The van der Waals surface area contributed by atoms with Crippen LogP contribution in [-0.2, 0) is 12.8 Å². The number of hydrogen-bond donors (Lipinski definition) is 2. The second-order valence-corrected chi connectivity index (χ2v) is 9.03. The molecule has 1 aliphatic carbocycles. The second-order valence-electron chi connectivity index (χ2n) is 9.03. The molecular weight excluding hydrogens is 408 g/mol. The summed E-state index contributed by atoms with van der Waals surface area (Å²) in [7, 11) is 0. The number of allylic oxidation sites excluding steroid dienone is 4. The van der Waals surface area contributed by atoms with Crippen LogP contribution in [0.15, 0.2) is 97.1 Å². The molecular formula is C30H30O3. The highest BCUT2D eigenvalue weighted by Gasteiger charge is 2.28. The van der Waals surface area contributed by atoms with Crippen LogP contribution in [0.1, 0.15) is 58.3 Å². The highest BCUT2D eigenvalue weighted by molar-refractivity contribution is 5.91. The van der Waals surface area contributed by atoms with E-state index in [1.165, 1.54) is 5.56 Å². The fourth-order valence-corrected chi connectivity index (χ4v) is 4.79. The van der Waals surface area contributed by atoms with Gasteiger partial charge in [0.05, 0.1) is 0 Å². The van der Waals surface area contributed by atoms with Gasteiger partial charge in [-0.3, -0.25) is 0 Å². The van der Waals surface area contributed by atoms with Crippen LogP contribution in [0.5, 0.6) is 5.75 Å². The average molecular weight is 439 g/mol. The Morgan fingerprint density at radius 3 is 2.30 bits per heavy atom. The Bertz CT molecular complexity index is 1160. The second kappa shape index (κ2) is 9.91. The summed E-state index contributed by atoms with van der Waals surface area (Å²) in [5, 5.41) is 20.5. The van der Waals surface area contributed by atoms with E-state index in [9.17, 15) is 15.0 Å². The lowest BCUT2D eigenvalue weighted by molar-refractivity contribution is 0.0693. The van der Waals surface area contributed by atoms with Gasteiger partial charge in [0.25, 0.3) is 0 Å². The maximum Gasteiger partial charge on any atom is 0.339 e. The molecule has 3 nitrogen and oxygen atoms in total. The maximum atomic E-state index is 11.9. The van der Waals surface area contributed by atoms with Gasteiger partial charge in [-0.15, -0.1) is 0 Å². The molecule has 3 aromatic rings. The third-order valence-electron chi connectivity index (χ3n) is 6.73. The number of rotatable bonds is 8. The van der Waals surface area contributed by atoms with Gasteiger partial charge < -0.3 is 10.2 Å². The minimum Gasteiger partial charge on any atom is -0.507 e. The first kappa shape index (κ1) is 22.6. The number of carboxylic acids is 1. The van der Waals surface area contributed by atoms with Crippen LogP contribution in [0.25, 0.3) is 0 Å². The summed E-state index contributed by atoms with van der Waals surface area (Å²) in [5.74, 6) is -1.35. The lowest BCUT2D eigenvalue weighted by atomic mass is 9.72. The van der Waals surface area contributed by atoms with Gasteiger partial charge >= 0.3 is 5.97 Å². The molecule has 0 aromatic heterocycles. The van der Waals surface area contributed by atoms with E-state index in [0.717, 1.165) is 36.8 Å². The molecule has 0 saturated heterocycles. The van der Waals surface area contributed by atoms with Gasteiger partial charge in [-0.2, -0.15) is 0 Å². The Balaban J connectivity index is 1.64. The van der Waals surface area contributed by atoms with Crippen LogP contribution < -0.4 is 0 Å². The largest absolute Gasteiger partial charge is 0.507 e. The number of aromatic hydroxyl groups is 1. The van der Waals surface area contributed by atoms with Gasteiger partial charge in [0.2, 0.25) is 0 Å². The molecule has 3 heteroatoms. The highest BCUT2D eigenvalue weighted by atomic mass is 16.4. The van der Waals surface area contributed by atoms with Crippen LogP contribution in [0.4, 0.5) is 0 Å². The Kier molecular flexibility index (Phi) is 6.79. The lowest BCUT2D eigenvalue weighted by Crippen LogP contribution is -2.23. The fourth-order valence-electron chi connectivity index (χ4n) is 4.79. The smallest absolute Gasteiger partial charge is 0.339 e. The predicted octanol–water partition coefficient (Wildman–Crippen LogP) is 6.92. The minimum atomic E-state index is -1.10. The number of benzene rings is 3. The Morgan fingerprint density at radius 1 is 0.970 bits per heavy atom. The normalized spacial score (nSPS) is 18.2. The van der Waals surface area contributed by atoms with Crippen LogP contribution in [-0.4, -0.2) is 16.2 Å². The van der Waals surface area contributed by atoms with E-state index in [1.54, 1.807) is 6.07 Å². The molecule has 0 bridgehead atoms. The molecule has 168 valence electrons. The third-order valence-corrected chi connectivity index (χ3v) is 6.73. The van der Waals surface area contributed by atoms with Crippen molar-refractivity contribution < 1.29 is 15.0 Å². The van der Waals surface area contributed by atoms with E-state index in [2.05, 4.69) is 48.6 Å². The summed E-state index contributed by atoms with van der Waals surface area (Å²) >= 11 is 0. The molecule has 2 unspecified atom stereocenters. The zero-order valence-corrected chi connectivity index (χ0v) is 18.9. The summed E-state index contributed by atoms with van der Waals surface area (Å²) in [5.41, 5.74) is 3.91. The van der Waals surface area contributed by atoms with Crippen molar-refractivity contribution in [2.75, 3.05) is 0 Å². The molecule has 1 aliphatic rings. The van der Waals surface area contributed by atoms with Crippen molar-refractivity contribution in [2.24, 2.45) is 5.41 Å². The van der Waals surface area contributed by atoms with Gasteiger partial charge in [-0.25, -0.2) is 4.79 Å². The van der Waals surface area contributed by atoms with E-state index < -0.39 is 5.97 Å². The van der Waals surface area contributed by atoms with Crippen molar-refractivity contribution in [2.45, 2.75) is 38.5 Å². The Morgan fingerprint density at radius 2 is 1.67 bits per heavy atom. The Labute approximate surface area is 195 Å². The third kappa shape index (κ3) is 5.25. The van der Waals surface area contributed by atoms with Crippen molar-refractivity contribution in [3.63, 3.8) is 0 Å². The quantitative estimate of drug-likeness (QED) is 0.401. The van der Waals surface area contributed by atoms with E-state index in [-0.39, 0.29) is 22.6 Å². The summed E-state index contributed by atoms with van der Waals surface area (Å²) in [6.07, 6.45) is 12.2. The van der Waals surface area contributed by atoms with Crippen molar-refractivity contribution in [3.8, 4) is 5.75 Å². The highest BCUT2D eigenvalue weighted by Crippen LogP contribution is 2.39. The molecule has 2 atom stereocenters. The summed E-state index contributed by atoms with van der Waals surface area (Å²) < 4.78 is 0. The van der Waals surface area contributed by atoms with Crippen LogP contribution in [0.2, 0.25) is 0 Å². The van der Waals surface area contributed by atoms with Gasteiger partial charge in [0.15, 0.2) is 0 Å². The monoisotopic (exact) mass is 438 g/mol. The molecule has 0 heterocycles. The van der Waals surface area contributed by atoms with Gasteiger partial charge in [0, 0.05) is 11.5 Å². The SMILES string of the molecule is CC(c1ccccc1)c1cc(CCC2(Cc3ccccc3)C=CC=CC2)cc(C(=O)O)c1O. The molecule has 2 N–H and O–H groups in total. The molecule has 0 radical (unpaired) electrons. The fraction of sp³-hybridized carbons (Fsp3) is 0.233. The van der Waals surface area contributed by atoms with E-state index in [1.807, 2.05) is 49.4 Å². The van der Waals surface area contributed by atoms with Crippen molar-refractivity contribution in [3.05, 3.63) is 125 Å². The zero-order valence-electron chi connectivity index (χ0n) is 18.9. The van der Waals surface area contributed by atoms with Gasteiger partial charge in [-0.05, 0) is 53.9 Å². The number of carboxylic acid groups (broad SMARTS) is 1. The van der Waals surface area contributed by atoms with Crippen LogP contribution >= 0.6 is 0 Å². The first-order chi connectivity index (χ1) is 16.0.